The Bertz CT molecular complexity index is 556. The fraction of sp³-hybridized carbons (Fsp3) is 0.500. The molecule has 2 aliphatic rings. The molecule has 1 heterocycles. The Morgan fingerprint density at radius 1 is 1.25 bits per heavy atom. The first kappa shape index (κ1) is 13.3. The van der Waals surface area contributed by atoms with E-state index in [0.29, 0.717) is 0 Å². The molecule has 20 heavy (non-hydrogen) atoms. The number of carbonyl (C=O) groups excluding carboxylic acids is 1. The summed E-state index contributed by atoms with van der Waals surface area (Å²) in [6.45, 7) is 0.329. The molecule has 0 aromatic heterocycles. The molecule has 1 saturated heterocycles. The maximum atomic E-state index is 12.6. The van der Waals surface area contributed by atoms with Gasteiger partial charge in [-0.1, -0.05) is 6.07 Å². The Hall–Kier alpha value is -1.72. The van der Waals surface area contributed by atoms with Gasteiger partial charge in [0.05, 0.1) is 0 Å². The maximum Gasteiger partial charge on any atom is 0.471 e. The number of rotatable bonds is 1. The van der Waals surface area contributed by atoms with Crippen molar-refractivity contribution in [1.82, 2.24) is 4.90 Å². The van der Waals surface area contributed by atoms with Crippen LogP contribution in [0.25, 0.3) is 0 Å². The van der Waals surface area contributed by atoms with Crippen molar-refractivity contribution in [2.24, 2.45) is 0 Å². The van der Waals surface area contributed by atoms with E-state index < -0.39 is 12.1 Å². The predicted molar refractivity (Wildman–Crippen MR) is 68.7 cm³/mol. The van der Waals surface area contributed by atoms with Gasteiger partial charge in [0.15, 0.2) is 0 Å². The minimum atomic E-state index is -4.78. The molecule has 1 aromatic rings. The van der Waals surface area contributed by atoms with Crippen LogP contribution in [0.3, 0.4) is 0 Å². The fourth-order valence-electron chi connectivity index (χ4n) is 3.35. The fourth-order valence-corrected chi connectivity index (χ4v) is 3.35. The van der Waals surface area contributed by atoms with Gasteiger partial charge in [-0.05, 0) is 29.7 Å². The number of amides is 1. The second-order valence-electron chi connectivity index (χ2n) is 5.43. The zero-order valence-electron chi connectivity index (χ0n) is 11.0. The Labute approximate surface area is 114 Å². The SMILES string of the molecule is CNc1ccc2c(c1)C1CC2CN(C(=O)C(F)(F)F)C1. The summed E-state index contributed by atoms with van der Waals surface area (Å²) in [5.74, 6) is -1.67. The van der Waals surface area contributed by atoms with E-state index >= 15 is 0 Å². The lowest BCUT2D eigenvalue weighted by atomic mass is 9.95. The number of likely N-dealkylation sites (tertiary alicyclic amines) is 1. The molecule has 108 valence electrons. The number of carbonyl (C=O) groups is 1. The van der Waals surface area contributed by atoms with Crippen LogP contribution in [0.2, 0.25) is 0 Å². The Morgan fingerprint density at radius 2 is 1.90 bits per heavy atom. The van der Waals surface area contributed by atoms with Crippen LogP contribution in [0.4, 0.5) is 18.9 Å². The van der Waals surface area contributed by atoms with Crippen LogP contribution < -0.4 is 5.32 Å². The monoisotopic (exact) mass is 284 g/mol. The van der Waals surface area contributed by atoms with Crippen LogP contribution in [0.5, 0.6) is 0 Å². The number of halogens is 3. The molecular weight excluding hydrogens is 269 g/mol. The first-order valence-electron chi connectivity index (χ1n) is 6.58. The summed E-state index contributed by atoms with van der Waals surface area (Å²) in [7, 11) is 1.81. The zero-order chi connectivity index (χ0) is 14.5. The van der Waals surface area contributed by atoms with Gasteiger partial charge < -0.3 is 10.2 Å². The molecule has 1 N–H and O–H groups in total. The van der Waals surface area contributed by atoms with Gasteiger partial charge in [0.2, 0.25) is 0 Å². The van der Waals surface area contributed by atoms with Crippen LogP contribution in [0, 0.1) is 0 Å². The number of alkyl halides is 3. The van der Waals surface area contributed by atoms with Crippen molar-refractivity contribution >= 4 is 11.6 Å². The summed E-state index contributed by atoms with van der Waals surface area (Å²) in [5, 5.41) is 3.03. The Balaban J connectivity index is 1.88. The maximum absolute atomic E-state index is 12.6. The molecule has 6 heteroatoms. The molecule has 2 atom stereocenters. The molecular formula is C14H15F3N2O. The largest absolute Gasteiger partial charge is 0.471 e. The molecule has 1 aliphatic heterocycles. The third-order valence-corrected chi connectivity index (χ3v) is 4.24. The molecule has 1 aromatic carbocycles. The lowest BCUT2D eigenvalue weighted by Crippen LogP contribution is -2.46. The topological polar surface area (TPSA) is 32.3 Å². The third kappa shape index (κ3) is 2.03. The highest BCUT2D eigenvalue weighted by molar-refractivity contribution is 5.82. The van der Waals surface area contributed by atoms with Crippen molar-refractivity contribution in [2.45, 2.75) is 24.4 Å². The summed E-state index contributed by atoms with van der Waals surface area (Å²) in [4.78, 5) is 12.4. The van der Waals surface area contributed by atoms with Gasteiger partial charge in [-0.25, -0.2) is 0 Å². The van der Waals surface area contributed by atoms with Gasteiger partial charge in [0, 0.05) is 37.7 Å². The molecule has 0 radical (unpaired) electrons. The number of nitrogens with zero attached hydrogens (tertiary/aromatic N) is 1. The van der Waals surface area contributed by atoms with Gasteiger partial charge in [-0.15, -0.1) is 0 Å². The first-order valence-corrected chi connectivity index (χ1v) is 6.58. The Morgan fingerprint density at radius 3 is 2.50 bits per heavy atom. The van der Waals surface area contributed by atoms with Crippen LogP contribution in [0.1, 0.15) is 29.4 Å². The number of anilines is 1. The van der Waals surface area contributed by atoms with E-state index in [1.54, 1.807) is 0 Å². The van der Waals surface area contributed by atoms with Crippen LogP contribution >= 0.6 is 0 Å². The highest BCUT2D eigenvalue weighted by Gasteiger charge is 2.47. The van der Waals surface area contributed by atoms with Crippen molar-refractivity contribution < 1.29 is 18.0 Å². The minimum absolute atomic E-state index is 0.0170. The number of hydrogen-bond acceptors (Lipinski definition) is 2. The summed E-state index contributed by atoms with van der Waals surface area (Å²) in [6.07, 6.45) is -3.94. The summed E-state index contributed by atoms with van der Waals surface area (Å²) >= 11 is 0. The third-order valence-electron chi connectivity index (χ3n) is 4.24. The molecule has 1 amide bonds. The molecule has 3 rings (SSSR count). The molecule has 1 fully saturated rings. The molecule has 1 aliphatic carbocycles. The average molecular weight is 284 g/mol. The standard InChI is InChI=1S/C14H15F3N2O/c1-18-10-2-3-11-8-4-9(12(11)5-10)7-19(6-8)13(20)14(15,16)17/h2-3,5,8-9,18H,4,6-7H2,1H3. The molecule has 0 saturated carbocycles. The van der Waals surface area contributed by atoms with E-state index in [1.807, 2.05) is 25.2 Å². The normalized spacial score (nSPS) is 24.5. The smallest absolute Gasteiger partial charge is 0.388 e. The Kier molecular flexibility index (Phi) is 2.92. The van der Waals surface area contributed by atoms with Crippen LogP contribution in [-0.4, -0.2) is 37.1 Å². The van der Waals surface area contributed by atoms with Crippen LogP contribution in [0.15, 0.2) is 18.2 Å². The molecule has 2 bridgehead atoms. The van der Waals surface area contributed by atoms with Crippen molar-refractivity contribution in [3.05, 3.63) is 29.3 Å². The second-order valence-corrected chi connectivity index (χ2v) is 5.43. The molecule has 3 nitrogen and oxygen atoms in total. The van der Waals surface area contributed by atoms with E-state index in [1.165, 1.54) is 0 Å². The number of nitrogens with one attached hydrogen (secondary N) is 1. The lowest BCUT2D eigenvalue weighted by molar-refractivity contribution is -0.186. The predicted octanol–water partition coefficient (Wildman–Crippen LogP) is 2.70. The minimum Gasteiger partial charge on any atom is -0.388 e. The van der Waals surface area contributed by atoms with Gasteiger partial charge in [-0.2, -0.15) is 13.2 Å². The number of piperidine rings is 1. The van der Waals surface area contributed by atoms with E-state index in [9.17, 15) is 18.0 Å². The molecule has 2 unspecified atom stereocenters. The second kappa shape index (κ2) is 4.40. The summed E-state index contributed by atoms with van der Waals surface area (Å²) < 4.78 is 37.7. The van der Waals surface area contributed by atoms with E-state index in [2.05, 4.69) is 5.32 Å². The van der Waals surface area contributed by atoms with Gasteiger partial charge in [0.1, 0.15) is 0 Å². The highest BCUT2D eigenvalue weighted by atomic mass is 19.4. The average Bonchev–Trinajstić information content (AvgIpc) is 2.68. The number of hydrogen-bond donors (Lipinski definition) is 1. The summed E-state index contributed by atoms with van der Waals surface area (Å²) in [5.41, 5.74) is 3.12. The van der Waals surface area contributed by atoms with Gasteiger partial charge in [0.25, 0.3) is 0 Å². The quantitative estimate of drug-likeness (QED) is 0.860. The number of benzene rings is 1. The van der Waals surface area contributed by atoms with Crippen LogP contribution in [-0.2, 0) is 4.79 Å². The zero-order valence-corrected chi connectivity index (χ0v) is 11.0. The van der Waals surface area contributed by atoms with E-state index in [4.69, 9.17) is 0 Å². The first-order chi connectivity index (χ1) is 9.40. The van der Waals surface area contributed by atoms with E-state index in [-0.39, 0.29) is 24.9 Å². The highest BCUT2D eigenvalue weighted by Crippen LogP contribution is 2.47. The van der Waals surface area contributed by atoms with E-state index in [0.717, 1.165) is 28.1 Å². The van der Waals surface area contributed by atoms with Crippen molar-refractivity contribution in [2.75, 3.05) is 25.5 Å². The number of fused-ring (bicyclic) bond motifs is 5. The van der Waals surface area contributed by atoms with Gasteiger partial charge in [-0.3, -0.25) is 4.79 Å². The van der Waals surface area contributed by atoms with Crippen molar-refractivity contribution in [3.8, 4) is 0 Å². The lowest BCUT2D eigenvalue weighted by Gasteiger charge is -2.32. The van der Waals surface area contributed by atoms with Gasteiger partial charge >= 0.3 is 12.1 Å². The molecule has 0 spiro atoms. The van der Waals surface area contributed by atoms with Crippen molar-refractivity contribution in [3.63, 3.8) is 0 Å². The van der Waals surface area contributed by atoms with Crippen molar-refractivity contribution in [1.29, 1.82) is 0 Å². The summed E-state index contributed by atoms with van der Waals surface area (Å²) in [6, 6.07) is 5.88.